The average Bonchev–Trinajstić information content (AvgIpc) is 3.39. The van der Waals surface area contributed by atoms with E-state index in [1.165, 1.54) is 25.9 Å². The molecule has 0 bridgehead atoms. The Morgan fingerprint density at radius 1 is 0.943 bits per heavy atom. The summed E-state index contributed by atoms with van der Waals surface area (Å²) in [6.45, 7) is 6.12. The molecule has 0 amide bonds. The fourth-order valence-electron chi connectivity index (χ4n) is 4.83. The van der Waals surface area contributed by atoms with Crippen LogP contribution in [0.15, 0.2) is 75.9 Å². The smallest absolute Gasteiger partial charge is 0.344 e. The Kier molecular flexibility index (Phi) is 7.21. The molecular weight excluding hydrogens is 458 g/mol. The summed E-state index contributed by atoms with van der Waals surface area (Å²) in [5.74, 6) is 0.871. The van der Waals surface area contributed by atoms with Gasteiger partial charge >= 0.3 is 5.63 Å². The first kappa shape index (κ1) is 23.7. The van der Waals surface area contributed by atoms with Crippen molar-refractivity contribution in [3.63, 3.8) is 0 Å². The molecule has 1 fully saturated rings. The first-order valence-electron chi connectivity index (χ1n) is 12.4. The summed E-state index contributed by atoms with van der Waals surface area (Å²) in [6, 6.07) is 21.7. The van der Waals surface area contributed by atoms with E-state index in [1.54, 1.807) is 12.1 Å². The van der Waals surface area contributed by atoms with Crippen molar-refractivity contribution in [2.24, 2.45) is 0 Å². The average molecular weight is 488 g/mol. The second kappa shape index (κ2) is 10.7. The van der Waals surface area contributed by atoms with Crippen molar-refractivity contribution in [1.29, 1.82) is 0 Å². The molecule has 180 valence electrons. The lowest BCUT2D eigenvalue weighted by Gasteiger charge is -2.15. The van der Waals surface area contributed by atoms with Crippen LogP contribution >= 0.6 is 11.6 Å². The van der Waals surface area contributed by atoms with Crippen molar-refractivity contribution < 1.29 is 9.15 Å². The van der Waals surface area contributed by atoms with Crippen LogP contribution in [0.3, 0.4) is 0 Å². The lowest BCUT2D eigenvalue weighted by Crippen LogP contribution is -2.25. The minimum Gasteiger partial charge on any atom is -0.492 e. The summed E-state index contributed by atoms with van der Waals surface area (Å²) in [4.78, 5) is 15.6. The Bertz CT molecular complexity index is 1350. The van der Waals surface area contributed by atoms with Gasteiger partial charge in [0.1, 0.15) is 17.9 Å². The van der Waals surface area contributed by atoms with Crippen LogP contribution in [0.5, 0.6) is 5.75 Å². The molecule has 0 atom stereocenters. The molecule has 1 saturated heterocycles. The molecule has 2 heterocycles. The molecule has 4 aromatic rings. The highest BCUT2D eigenvalue weighted by Crippen LogP contribution is 2.31. The van der Waals surface area contributed by atoms with E-state index >= 15 is 0 Å². The molecule has 1 aromatic heterocycles. The number of aryl methyl sites for hydroxylation is 1. The molecule has 4 nitrogen and oxygen atoms in total. The number of halogens is 1. The number of ether oxygens (including phenoxy) is 1. The third-order valence-electron chi connectivity index (χ3n) is 6.80. The van der Waals surface area contributed by atoms with Gasteiger partial charge in [0.2, 0.25) is 0 Å². The van der Waals surface area contributed by atoms with E-state index in [1.807, 2.05) is 30.3 Å². The number of likely N-dealkylation sites (tertiary alicyclic amines) is 1. The quantitative estimate of drug-likeness (QED) is 0.258. The second-order valence-corrected chi connectivity index (χ2v) is 9.59. The number of hydrogen-bond acceptors (Lipinski definition) is 4. The predicted octanol–water partition coefficient (Wildman–Crippen LogP) is 6.74. The zero-order valence-electron chi connectivity index (χ0n) is 20.1. The minimum absolute atomic E-state index is 0.329. The van der Waals surface area contributed by atoms with E-state index in [0.717, 1.165) is 46.4 Å². The van der Waals surface area contributed by atoms with Gasteiger partial charge in [-0.05, 0) is 91.4 Å². The zero-order valence-corrected chi connectivity index (χ0v) is 20.8. The van der Waals surface area contributed by atoms with Crippen LogP contribution in [-0.4, -0.2) is 31.1 Å². The maximum Gasteiger partial charge on any atom is 0.344 e. The number of hydrogen-bond donors (Lipinski definition) is 0. The van der Waals surface area contributed by atoms with Gasteiger partial charge in [0.05, 0.1) is 5.56 Å². The minimum atomic E-state index is -0.329. The lowest BCUT2D eigenvalue weighted by molar-refractivity contribution is 0.238. The van der Waals surface area contributed by atoms with E-state index in [-0.39, 0.29) is 5.63 Å². The molecule has 0 unspecified atom stereocenters. The van der Waals surface area contributed by atoms with Crippen LogP contribution in [0.1, 0.15) is 36.5 Å². The molecule has 0 spiro atoms. The highest BCUT2D eigenvalue weighted by molar-refractivity contribution is 6.30. The Hall–Kier alpha value is -3.08. The van der Waals surface area contributed by atoms with Crippen molar-refractivity contribution in [1.82, 2.24) is 4.90 Å². The Balaban J connectivity index is 1.45. The molecule has 5 rings (SSSR count). The summed E-state index contributed by atoms with van der Waals surface area (Å²) < 4.78 is 11.8. The van der Waals surface area contributed by atoms with Crippen LogP contribution in [-0.2, 0) is 12.8 Å². The fraction of sp³-hybridized carbons (Fsp3) is 0.300. The SMILES string of the molecule is CCc1ccc2c(Cc3ccc(OCCN4CCCC4)cc3)c(-c3ccc(Cl)cc3)c(=O)oc2c1. The molecule has 1 aliphatic heterocycles. The third kappa shape index (κ3) is 5.44. The summed E-state index contributed by atoms with van der Waals surface area (Å²) in [6.07, 6.45) is 4.07. The highest BCUT2D eigenvalue weighted by atomic mass is 35.5. The molecule has 1 aliphatic rings. The second-order valence-electron chi connectivity index (χ2n) is 9.15. The fourth-order valence-corrected chi connectivity index (χ4v) is 4.95. The van der Waals surface area contributed by atoms with E-state index < -0.39 is 0 Å². The van der Waals surface area contributed by atoms with Crippen molar-refractivity contribution >= 4 is 22.6 Å². The molecule has 0 N–H and O–H groups in total. The van der Waals surface area contributed by atoms with Gasteiger partial charge in [-0.25, -0.2) is 4.79 Å². The lowest BCUT2D eigenvalue weighted by atomic mass is 9.93. The topological polar surface area (TPSA) is 42.7 Å². The van der Waals surface area contributed by atoms with Crippen molar-refractivity contribution in [2.75, 3.05) is 26.2 Å². The van der Waals surface area contributed by atoms with Crippen LogP contribution in [0.2, 0.25) is 5.02 Å². The molecule has 3 aromatic carbocycles. The van der Waals surface area contributed by atoms with E-state index in [2.05, 4.69) is 36.1 Å². The predicted molar refractivity (Wildman–Crippen MR) is 143 cm³/mol. The van der Waals surface area contributed by atoms with Crippen molar-refractivity contribution in [3.8, 4) is 16.9 Å². The zero-order chi connectivity index (χ0) is 24.2. The van der Waals surface area contributed by atoms with E-state index in [0.29, 0.717) is 29.2 Å². The molecule has 0 aliphatic carbocycles. The maximum absolute atomic E-state index is 13.2. The van der Waals surface area contributed by atoms with Gasteiger partial charge in [-0.1, -0.05) is 54.9 Å². The Labute approximate surface area is 211 Å². The van der Waals surface area contributed by atoms with Crippen LogP contribution in [0.25, 0.3) is 22.1 Å². The molecule has 5 heteroatoms. The Morgan fingerprint density at radius 2 is 1.66 bits per heavy atom. The van der Waals surface area contributed by atoms with Gasteiger partial charge in [-0.3, -0.25) is 4.90 Å². The summed E-state index contributed by atoms with van der Waals surface area (Å²) in [7, 11) is 0. The molecule has 0 saturated carbocycles. The van der Waals surface area contributed by atoms with Gasteiger partial charge in [0.25, 0.3) is 0 Å². The van der Waals surface area contributed by atoms with E-state index in [9.17, 15) is 4.79 Å². The molecule has 35 heavy (non-hydrogen) atoms. The van der Waals surface area contributed by atoms with Crippen molar-refractivity contribution in [3.05, 3.63) is 98.9 Å². The summed E-state index contributed by atoms with van der Waals surface area (Å²) in [5, 5.41) is 1.59. The van der Waals surface area contributed by atoms with Crippen LogP contribution < -0.4 is 10.4 Å². The number of rotatable bonds is 8. The summed E-state index contributed by atoms with van der Waals surface area (Å²) >= 11 is 6.11. The number of nitrogens with zero attached hydrogens (tertiary/aromatic N) is 1. The van der Waals surface area contributed by atoms with E-state index in [4.69, 9.17) is 20.8 Å². The number of benzene rings is 3. The highest BCUT2D eigenvalue weighted by Gasteiger charge is 2.18. The monoisotopic (exact) mass is 487 g/mol. The standard InChI is InChI=1S/C30H30ClNO3/c1-2-21-7-14-26-27(29(30(33)35-28(26)20-21)23-8-10-24(31)11-9-23)19-22-5-12-25(13-6-22)34-18-17-32-15-3-4-16-32/h5-14,20H,2-4,15-19H2,1H3. The Morgan fingerprint density at radius 3 is 2.37 bits per heavy atom. The van der Waals surface area contributed by atoms with Gasteiger partial charge in [0.15, 0.2) is 0 Å². The third-order valence-corrected chi connectivity index (χ3v) is 7.05. The number of fused-ring (bicyclic) bond motifs is 1. The summed E-state index contributed by atoms with van der Waals surface area (Å²) in [5.41, 5.74) is 4.91. The van der Waals surface area contributed by atoms with Gasteiger partial charge in [-0.15, -0.1) is 0 Å². The van der Waals surface area contributed by atoms with Gasteiger partial charge in [-0.2, -0.15) is 0 Å². The van der Waals surface area contributed by atoms with Gasteiger partial charge in [0, 0.05) is 17.0 Å². The molecule has 0 radical (unpaired) electrons. The van der Waals surface area contributed by atoms with Crippen molar-refractivity contribution in [2.45, 2.75) is 32.6 Å². The normalized spacial score (nSPS) is 14.0. The molecular formula is C30H30ClNO3. The first-order chi connectivity index (χ1) is 17.1. The van der Waals surface area contributed by atoms with Crippen LogP contribution in [0.4, 0.5) is 0 Å². The van der Waals surface area contributed by atoms with Crippen LogP contribution in [0, 0.1) is 0 Å². The largest absolute Gasteiger partial charge is 0.492 e. The maximum atomic E-state index is 13.2. The van der Waals surface area contributed by atoms with Gasteiger partial charge < -0.3 is 9.15 Å². The first-order valence-corrected chi connectivity index (χ1v) is 12.8.